The zero-order chi connectivity index (χ0) is 33.7. The van der Waals surface area contributed by atoms with E-state index in [1.165, 1.54) is 45.8 Å². The Kier molecular flexibility index (Phi) is 6.75. The van der Waals surface area contributed by atoms with Crippen LogP contribution in [-0.4, -0.2) is 26.2 Å². The van der Waals surface area contributed by atoms with Gasteiger partial charge in [-0.15, -0.1) is 0 Å². The van der Waals surface area contributed by atoms with Gasteiger partial charge in [-0.25, -0.2) is 0 Å². The molecule has 0 spiro atoms. The number of benzene rings is 6. The molecule has 4 nitrogen and oxygen atoms in total. The number of hydrogen-bond donors (Lipinski definition) is 0. The van der Waals surface area contributed by atoms with Gasteiger partial charge in [-0.05, 0) is 118 Å². The fourth-order valence-electron chi connectivity index (χ4n) is 9.65. The molecule has 0 amide bonds. The third-order valence-corrected chi connectivity index (χ3v) is 11.6. The number of nitrogens with zero attached hydrogens (tertiary/aromatic N) is 2. The van der Waals surface area contributed by atoms with Crippen LogP contribution in [0, 0.1) is 23.7 Å². The maximum atomic E-state index is 6.92. The van der Waals surface area contributed by atoms with E-state index >= 15 is 0 Å². The predicted octanol–water partition coefficient (Wildman–Crippen LogP) is 12.4. The molecule has 4 atom stereocenters. The molecule has 0 saturated carbocycles. The van der Waals surface area contributed by atoms with Crippen molar-refractivity contribution in [2.75, 3.05) is 36.0 Å². The van der Waals surface area contributed by atoms with Crippen molar-refractivity contribution in [1.82, 2.24) is 0 Å². The molecule has 2 saturated heterocycles. The smallest absolute Gasteiger partial charge is 0.144 e. The number of hydrogen-bond acceptors (Lipinski definition) is 4. The maximum absolute atomic E-state index is 6.92. The molecule has 4 heterocycles. The summed E-state index contributed by atoms with van der Waals surface area (Å²) in [6, 6.07) is 35.9. The van der Waals surface area contributed by atoms with Crippen LogP contribution in [0.1, 0.15) is 40.5 Å². The van der Waals surface area contributed by atoms with Crippen molar-refractivity contribution in [3.8, 4) is 11.1 Å². The van der Waals surface area contributed by atoms with Crippen molar-refractivity contribution in [2.45, 2.75) is 40.5 Å². The lowest BCUT2D eigenvalue weighted by molar-refractivity contribution is 0.357. The Morgan fingerprint density at radius 3 is 1.60 bits per heavy atom. The normalized spacial score (nSPS) is 21.8. The predicted molar refractivity (Wildman–Crippen MR) is 212 cm³/mol. The molecule has 50 heavy (non-hydrogen) atoms. The standard InChI is InChI=1S/C46H44N2O2/c1-27-14-28(2)24-47(23-27)36-12-10-32-18-38-39-22-43-45(44(31-8-6-5-7-9-31)46(39)50-41(38)20-34(32)16-36)40-19-33-11-13-37(17-35(33)21-42(40)49-43)48-25-29(3)15-30(4)26-48/h5-13,16-22,27-30H,14-15,23-26H2,1-4H3. The molecular formula is C46H44N2O2. The molecule has 0 aliphatic carbocycles. The van der Waals surface area contributed by atoms with Crippen LogP contribution in [0.4, 0.5) is 11.4 Å². The molecule has 0 bridgehead atoms. The lowest BCUT2D eigenvalue weighted by Crippen LogP contribution is -2.38. The average molecular weight is 657 g/mol. The van der Waals surface area contributed by atoms with Crippen LogP contribution in [0.2, 0.25) is 0 Å². The van der Waals surface area contributed by atoms with E-state index < -0.39 is 0 Å². The van der Waals surface area contributed by atoms with E-state index in [1.807, 2.05) is 0 Å². The number of anilines is 2. The summed E-state index contributed by atoms with van der Waals surface area (Å²) in [6.45, 7) is 14.0. The first-order chi connectivity index (χ1) is 24.3. The molecule has 250 valence electrons. The summed E-state index contributed by atoms with van der Waals surface area (Å²) in [4.78, 5) is 5.13. The number of furan rings is 2. The van der Waals surface area contributed by atoms with Crippen molar-refractivity contribution in [3.63, 3.8) is 0 Å². The third-order valence-electron chi connectivity index (χ3n) is 11.6. The van der Waals surface area contributed by atoms with E-state index in [1.54, 1.807) is 0 Å². The molecule has 6 aromatic carbocycles. The summed E-state index contributed by atoms with van der Waals surface area (Å²) in [5.74, 6) is 2.84. The summed E-state index contributed by atoms with van der Waals surface area (Å²) in [5.41, 5.74) is 8.48. The van der Waals surface area contributed by atoms with Crippen molar-refractivity contribution in [2.24, 2.45) is 23.7 Å². The van der Waals surface area contributed by atoms with Gasteiger partial charge in [0.25, 0.3) is 0 Å². The van der Waals surface area contributed by atoms with Gasteiger partial charge in [0.1, 0.15) is 22.3 Å². The third kappa shape index (κ3) is 4.87. The molecule has 2 fully saturated rings. The van der Waals surface area contributed by atoms with Gasteiger partial charge in [-0.3, -0.25) is 0 Å². The van der Waals surface area contributed by atoms with Gasteiger partial charge in [0, 0.05) is 64.7 Å². The minimum absolute atomic E-state index is 0.709. The molecular weight excluding hydrogens is 613 g/mol. The monoisotopic (exact) mass is 656 g/mol. The highest BCUT2D eigenvalue weighted by molar-refractivity contribution is 6.25. The Morgan fingerprint density at radius 1 is 0.480 bits per heavy atom. The van der Waals surface area contributed by atoms with Crippen molar-refractivity contribution in [1.29, 1.82) is 0 Å². The molecule has 10 rings (SSSR count). The molecule has 0 N–H and O–H groups in total. The molecule has 2 aromatic heterocycles. The molecule has 2 aliphatic rings. The molecule has 0 radical (unpaired) electrons. The number of fused-ring (bicyclic) bond motifs is 8. The van der Waals surface area contributed by atoms with E-state index in [0.29, 0.717) is 23.7 Å². The molecule has 4 heteroatoms. The fraction of sp³-hybridized carbons (Fsp3) is 0.304. The topological polar surface area (TPSA) is 32.8 Å². The maximum Gasteiger partial charge on any atom is 0.144 e. The van der Waals surface area contributed by atoms with E-state index in [9.17, 15) is 0 Å². The van der Waals surface area contributed by atoms with Crippen LogP contribution in [-0.2, 0) is 0 Å². The second-order valence-corrected chi connectivity index (χ2v) is 16.0. The Bertz CT molecular complexity index is 2530. The van der Waals surface area contributed by atoms with E-state index in [0.717, 1.165) is 81.2 Å². The minimum atomic E-state index is 0.709. The highest BCUT2D eigenvalue weighted by Crippen LogP contribution is 2.46. The van der Waals surface area contributed by atoms with Crippen LogP contribution in [0.25, 0.3) is 76.5 Å². The Balaban J connectivity index is 1.16. The average Bonchev–Trinajstić information content (AvgIpc) is 3.64. The highest BCUT2D eigenvalue weighted by Gasteiger charge is 2.25. The van der Waals surface area contributed by atoms with Crippen LogP contribution >= 0.6 is 0 Å². The van der Waals surface area contributed by atoms with Gasteiger partial charge in [-0.1, -0.05) is 70.2 Å². The number of rotatable bonds is 3. The van der Waals surface area contributed by atoms with Gasteiger partial charge < -0.3 is 18.6 Å². The summed E-state index contributed by atoms with van der Waals surface area (Å²) in [7, 11) is 0. The lowest BCUT2D eigenvalue weighted by atomic mass is 9.91. The Hall–Kier alpha value is -4.96. The van der Waals surface area contributed by atoms with Crippen molar-refractivity contribution in [3.05, 3.63) is 97.1 Å². The summed E-state index contributed by atoms with van der Waals surface area (Å²) >= 11 is 0. The quantitative estimate of drug-likeness (QED) is 0.189. The summed E-state index contributed by atoms with van der Waals surface area (Å²) < 4.78 is 13.7. The first kappa shape index (κ1) is 29.9. The zero-order valence-corrected chi connectivity index (χ0v) is 29.5. The lowest BCUT2D eigenvalue weighted by Gasteiger charge is -2.36. The van der Waals surface area contributed by atoms with Crippen molar-refractivity contribution < 1.29 is 8.83 Å². The van der Waals surface area contributed by atoms with Crippen LogP contribution in [0.5, 0.6) is 0 Å². The number of piperidine rings is 2. The largest absolute Gasteiger partial charge is 0.456 e. The van der Waals surface area contributed by atoms with Crippen LogP contribution in [0.3, 0.4) is 0 Å². The summed E-state index contributed by atoms with van der Waals surface area (Å²) in [5, 5.41) is 9.35. The van der Waals surface area contributed by atoms with Gasteiger partial charge in [0.15, 0.2) is 0 Å². The fourth-order valence-corrected chi connectivity index (χ4v) is 9.65. The SMILES string of the molecule is CC1CC(C)CN(c2ccc3cc4c(cc3c2)oc2c(-c3ccccc3)c3c(cc24)oc2cc4cc(N5CC(C)CC(C)C5)ccc4cc23)C1. The minimum Gasteiger partial charge on any atom is -0.456 e. The zero-order valence-electron chi connectivity index (χ0n) is 29.5. The van der Waals surface area contributed by atoms with E-state index in [-0.39, 0.29) is 0 Å². The van der Waals surface area contributed by atoms with Crippen molar-refractivity contribution >= 4 is 76.8 Å². The summed E-state index contributed by atoms with van der Waals surface area (Å²) in [6.07, 6.45) is 2.61. The Morgan fingerprint density at radius 2 is 1.02 bits per heavy atom. The van der Waals surface area contributed by atoms with Gasteiger partial charge in [0.2, 0.25) is 0 Å². The van der Waals surface area contributed by atoms with E-state index in [2.05, 4.69) is 135 Å². The highest BCUT2D eigenvalue weighted by atomic mass is 16.3. The van der Waals surface area contributed by atoms with Gasteiger partial charge >= 0.3 is 0 Å². The van der Waals surface area contributed by atoms with E-state index in [4.69, 9.17) is 8.83 Å². The first-order valence-corrected chi connectivity index (χ1v) is 18.6. The second kappa shape index (κ2) is 11.3. The molecule has 2 aliphatic heterocycles. The first-order valence-electron chi connectivity index (χ1n) is 18.6. The second-order valence-electron chi connectivity index (χ2n) is 16.0. The van der Waals surface area contributed by atoms with Crippen LogP contribution < -0.4 is 9.80 Å². The van der Waals surface area contributed by atoms with Crippen LogP contribution in [0.15, 0.2) is 106 Å². The van der Waals surface area contributed by atoms with Gasteiger partial charge in [-0.2, -0.15) is 0 Å². The van der Waals surface area contributed by atoms with Gasteiger partial charge in [0.05, 0.1) is 0 Å². The molecule has 4 unspecified atom stereocenters. The molecule has 8 aromatic rings. The Labute approximate surface area is 293 Å².